The summed E-state index contributed by atoms with van der Waals surface area (Å²) in [5.41, 5.74) is 10.5. The van der Waals surface area contributed by atoms with E-state index in [-0.39, 0.29) is 12.3 Å². The van der Waals surface area contributed by atoms with Crippen molar-refractivity contribution in [2.45, 2.75) is 19.8 Å². The number of carbonyl (C=O) groups excluding carboxylic acids is 1. The Bertz CT molecular complexity index is 1380. The Labute approximate surface area is 217 Å². The van der Waals surface area contributed by atoms with Gasteiger partial charge in [0, 0.05) is 21.2 Å². The summed E-state index contributed by atoms with van der Waals surface area (Å²) in [4.78, 5) is 17.3. The lowest BCUT2D eigenvalue weighted by molar-refractivity contribution is -0.143. The summed E-state index contributed by atoms with van der Waals surface area (Å²) in [6, 6.07) is 22.1. The third-order valence-corrected chi connectivity index (χ3v) is 6.12. The number of hydrogen-bond donors (Lipinski definition) is 1. The molecule has 6 nitrogen and oxygen atoms in total. The predicted molar refractivity (Wildman–Crippen MR) is 140 cm³/mol. The van der Waals surface area contributed by atoms with Gasteiger partial charge in [0.05, 0.1) is 22.8 Å². The number of amidine groups is 1. The van der Waals surface area contributed by atoms with Gasteiger partial charge in [0.25, 0.3) is 0 Å². The monoisotopic (exact) mass is 526 g/mol. The number of carbonyl (C=O) groups is 1. The molecule has 0 unspecified atom stereocenters. The summed E-state index contributed by atoms with van der Waals surface area (Å²) in [5, 5.41) is 10.0. The van der Waals surface area contributed by atoms with Crippen LogP contribution in [-0.4, -0.2) is 21.6 Å². The lowest BCUT2D eigenvalue weighted by Gasteiger charge is -2.11. The largest absolute Gasteiger partial charge is 0.379 e. The Kier molecular flexibility index (Phi) is 7.76. The molecule has 0 aliphatic rings. The van der Waals surface area contributed by atoms with Crippen molar-refractivity contribution in [3.05, 3.63) is 105 Å². The van der Waals surface area contributed by atoms with Crippen molar-refractivity contribution in [3.63, 3.8) is 0 Å². The molecule has 3 aromatic carbocycles. The van der Waals surface area contributed by atoms with Crippen LogP contribution < -0.4 is 5.73 Å². The van der Waals surface area contributed by atoms with Crippen LogP contribution in [0.4, 0.5) is 0 Å². The Balaban J connectivity index is 1.65. The first-order valence-electron chi connectivity index (χ1n) is 10.7. The van der Waals surface area contributed by atoms with Gasteiger partial charge in [0.1, 0.15) is 5.69 Å². The van der Waals surface area contributed by atoms with Gasteiger partial charge in [-0.25, -0.2) is 9.48 Å². The van der Waals surface area contributed by atoms with Crippen LogP contribution in [0.5, 0.6) is 0 Å². The first kappa shape index (κ1) is 24.8. The first-order chi connectivity index (χ1) is 16.8. The highest BCUT2D eigenvalue weighted by Crippen LogP contribution is 2.33. The Morgan fingerprint density at radius 3 is 2.37 bits per heavy atom. The quantitative estimate of drug-likeness (QED) is 0.127. The molecule has 0 saturated carbocycles. The van der Waals surface area contributed by atoms with Crippen LogP contribution in [0.1, 0.15) is 23.2 Å². The molecule has 2 N–H and O–H groups in total. The third kappa shape index (κ3) is 5.85. The highest BCUT2D eigenvalue weighted by molar-refractivity contribution is 6.35. The van der Waals surface area contributed by atoms with Crippen LogP contribution >= 0.6 is 34.8 Å². The van der Waals surface area contributed by atoms with E-state index in [4.69, 9.17) is 45.4 Å². The molecule has 0 bridgehead atoms. The van der Waals surface area contributed by atoms with E-state index < -0.39 is 5.97 Å². The highest BCUT2D eigenvalue weighted by Gasteiger charge is 2.21. The molecule has 1 aromatic heterocycles. The fourth-order valence-corrected chi connectivity index (χ4v) is 4.21. The van der Waals surface area contributed by atoms with Crippen LogP contribution in [0.2, 0.25) is 15.1 Å². The normalized spacial score (nSPS) is 11.5. The topological polar surface area (TPSA) is 82.5 Å². The average molecular weight is 528 g/mol. The van der Waals surface area contributed by atoms with Crippen molar-refractivity contribution < 1.29 is 9.63 Å². The number of rotatable bonds is 7. The fourth-order valence-electron chi connectivity index (χ4n) is 3.59. The van der Waals surface area contributed by atoms with Crippen molar-refractivity contribution in [2.24, 2.45) is 10.9 Å². The SMILES string of the molecule is Cc1c(C(N)=NOC(=O)CCc2ccccc2)nn(-c2ccc(Cl)cc2Cl)c1-c1ccc(Cl)cc1. The molecule has 0 atom stereocenters. The molecule has 0 aliphatic carbocycles. The second kappa shape index (κ2) is 11.0. The molecule has 0 fully saturated rings. The Morgan fingerprint density at radius 1 is 1.00 bits per heavy atom. The van der Waals surface area contributed by atoms with E-state index in [9.17, 15) is 4.79 Å². The molecule has 0 amide bonds. The molecule has 4 rings (SSSR count). The van der Waals surface area contributed by atoms with E-state index in [1.807, 2.05) is 49.4 Å². The van der Waals surface area contributed by atoms with Crippen LogP contribution in [0.15, 0.2) is 78.0 Å². The van der Waals surface area contributed by atoms with Gasteiger partial charge in [-0.05, 0) is 49.2 Å². The third-order valence-electron chi connectivity index (χ3n) is 5.33. The van der Waals surface area contributed by atoms with Gasteiger partial charge in [-0.3, -0.25) is 0 Å². The second-order valence-corrected chi connectivity index (χ2v) is 9.04. The van der Waals surface area contributed by atoms with E-state index in [2.05, 4.69) is 10.3 Å². The summed E-state index contributed by atoms with van der Waals surface area (Å²) in [6.07, 6.45) is 0.711. The van der Waals surface area contributed by atoms with Gasteiger partial charge < -0.3 is 10.6 Å². The maximum absolute atomic E-state index is 12.2. The zero-order valence-electron chi connectivity index (χ0n) is 18.7. The van der Waals surface area contributed by atoms with E-state index in [0.717, 1.165) is 22.4 Å². The van der Waals surface area contributed by atoms with Gasteiger partial charge in [0.15, 0.2) is 5.84 Å². The predicted octanol–water partition coefficient (Wildman–Crippen LogP) is 6.60. The smallest absolute Gasteiger partial charge is 0.335 e. The standard InChI is InChI=1S/C26H21Cl3N4O2/c1-16-24(26(30)32-35-23(34)14-7-17-5-3-2-4-6-17)31-33(22-13-12-20(28)15-21(22)29)25(16)18-8-10-19(27)11-9-18/h2-6,8-13,15H,7,14H2,1H3,(H2,30,32). The summed E-state index contributed by atoms with van der Waals surface area (Å²) < 4.78 is 1.66. The molecule has 178 valence electrons. The summed E-state index contributed by atoms with van der Waals surface area (Å²) in [7, 11) is 0. The molecular weight excluding hydrogens is 507 g/mol. The van der Waals surface area contributed by atoms with Crippen molar-refractivity contribution in [1.29, 1.82) is 0 Å². The molecule has 0 saturated heterocycles. The van der Waals surface area contributed by atoms with E-state index in [1.165, 1.54) is 0 Å². The van der Waals surface area contributed by atoms with E-state index in [1.54, 1.807) is 35.0 Å². The summed E-state index contributed by atoms with van der Waals surface area (Å²) >= 11 is 18.6. The molecule has 35 heavy (non-hydrogen) atoms. The molecule has 1 heterocycles. The number of oxime groups is 1. The second-order valence-electron chi connectivity index (χ2n) is 7.76. The lowest BCUT2D eigenvalue weighted by Crippen LogP contribution is -2.17. The molecular formula is C26H21Cl3N4O2. The van der Waals surface area contributed by atoms with Gasteiger partial charge in [-0.2, -0.15) is 5.10 Å². The lowest BCUT2D eigenvalue weighted by atomic mass is 10.1. The van der Waals surface area contributed by atoms with Crippen LogP contribution in [0, 0.1) is 6.92 Å². The fraction of sp³-hybridized carbons (Fsp3) is 0.115. The molecule has 9 heteroatoms. The zero-order chi connectivity index (χ0) is 24.9. The van der Waals surface area contributed by atoms with Crippen molar-refractivity contribution >= 4 is 46.6 Å². The highest BCUT2D eigenvalue weighted by atomic mass is 35.5. The number of halogens is 3. The maximum atomic E-state index is 12.2. The van der Waals surface area contributed by atoms with Crippen molar-refractivity contribution in [3.8, 4) is 16.9 Å². The summed E-state index contributed by atoms with van der Waals surface area (Å²) in [5.74, 6) is -0.526. The number of nitrogens with two attached hydrogens (primary N) is 1. The number of nitrogens with zero attached hydrogens (tertiary/aromatic N) is 3. The number of hydrogen-bond acceptors (Lipinski definition) is 4. The Morgan fingerprint density at radius 2 is 1.69 bits per heavy atom. The average Bonchev–Trinajstić information content (AvgIpc) is 3.19. The summed E-state index contributed by atoms with van der Waals surface area (Å²) in [6.45, 7) is 1.85. The van der Waals surface area contributed by atoms with Crippen LogP contribution in [-0.2, 0) is 16.1 Å². The first-order valence-corrected chi connectivity index (χ1v) is 11.9. The number of aromatic nitrogens is 2. The number of benzene rings is 3. The molecule has 0 spiro atoms. The van der Waals surface area contributed by atoms with Crippen molar-refractivity contribution in [2.75, 3.05) is 0 Å². The van der Waals surface area contributed by atoms with Crippen LogP contribution in [0.25, 0.3) is 16.9 Å². The maximum Gasteiger partial charge on any atom is 0.335 e. The van der Waals surface area contributed by atoms with Crippen LogP contribution in [0.3, 0.4) is 0 Å². The number of aryl methyl sites for hydroxylation is 1. The minimum absolute atomic E-state index is 0.0328. The van der Waals surface area contributed by atoms with E-state index >= 15 is 0 Å². The molecule has 4 aromatic rings. The Hall–Kier alpha value is -3.32. The van der Waals surface area contributed by atoms with Crippen molar-refractivity contribution in [1.82, 2.24) is 9.78 Å². The minimum atomic E-state index is -0.493. The minimum Gasteiger partial charge on any atom is -0.379 e. The van der Waals surface area contributed by atoms with Gasteiger partial charge >= 0.3 is 5.97 Å². The van der Waals surface area contributed by atoms with E-state index in [0.29, 0.717) is 32.9 Å². The van der Waals surface area contributed by atoms with Gasteiger partial charge in [0.2, 0.25) is 0 Å². The zero-order valence-corrected chi connectivity index (χ0v) is 21.0. The van der Waals surface area contributed by atoms with Gasteiger partial charge in [-0.1, -0.05) is 82.4 Å². The molecule has 0 radical (unpaired) electrons. The van der Waals surface area contributed by atoms with Gasteiger partial charge in [-0.15, -0.1) is 0 Å². The molecule has 0 aliphatic heterocycles.